The summed E-state index contributed by atoms with van der Waals surface area (Å²) in [5.74, 6) is 1.47. The lowest BCUT2D eigenvalue weighted by atomic mass is 9.94. The quantitative estimate of drug-likeness (QED) is 0.507. The largest absolute Gasteiger partial charge is 0.357 e. The molecule has 1 saturated heterocycles. The van der Waals surface area contributed by atoms with Gasteiger partial charge >= 0.3 is 0 Å². The van der Waals surface area contributed by atoms with Gasteiger partial charge in [-0.05, 0) is 73.0 Å². The van der Waals surface area contributed by atoms with Gasteiger partial charge in [0.25, 0.3) is 0 Å². The molecule has 134 valence electrons. The smallest absolute Gasteiger partial charge is 0.242 e. The molecule has 0 spiro atoms. The van der Waals surface area contributed by atoms with Crippen LogP contribution in [0.2, 0.25) is 0 Å². The van der Waals surface area contributed by atoms with Crippen molar-refractivity contribution in [3.05, 3.63) is 0 Å². The van der Waals surface area contributed by atoms with Crippen molar-refractivity contribution < 1.29 is 4.79 Å². The Hall–Kier alpha value is -1.30. The van der Waals surface area contributed by atoms with Crippen molar-refractivity contribution in [3.63, 3.8) is 0 Å². The highest BCUT2D eigenvalue weighted by atomic mass is 16.2. The van der Waals surface area contributed by atoms with E-state index in [4.69, 9.17) is 0 Å². The van der Waals surface area contributed by atoms with Crippen LogP contribution in [0.3, 0.4) is 0 Å². The minimum absolute atomic E-state index is 0.0509. The van der Waals surface area contributed by atoms with E-state index in [1.807, 2.05) is 27.7 Å². The van der Waals surface area contributed by atoms with Crippen LogP contribution in [0.15, 0.2) is 4.99 Å². The summed E-state index contributed by atoms with van der Waals surface area (Å²) in [6.07, 6.45) is 3.71. The van der Waals surface area contributed by atoms with E-state index in [1.165, 1.54) is 25.9 Å². The van der Waals surface area contributed by atoms with Gasteiger partial charge in [-0.3, -0.25) is 4.79 Å². The van der Waals surface area contributed by atoms with Gasteiger partial charge in [0.15, 0.2) is 5.96 Å². The van der Waals surface area contributed by atoms with Crippen LogP contribution in [0, 0.1) is 5.92 Å². The zero-order chi connectivity index (χ0) is 17.3. The third kappa shape index (κ3) is 9.43. The molecule has 6 heteroatoms. The van der Waals surface area contributed by atoms with Crippen LogP contribution in [-0.2, 0) is 4.79 Å². The first-order valence-corrected chi connectivity index (χ1v) is 8.82. The topological polar surface area (TPSA) is 68.8 Å². The molecule has 0 radical (unpaired) electrons. The molecule has 0 bridgehead atoms. The highest BCUT2D eigenvalue weighted by Gasteiger charge is 2.16. The van der Waals surface area contributed by atoms with Crippen molar-refractivity contribution in [3.8, 4) is 0 Å². The van der Waals surface area contributed by atoms with Crippen molar-refractivity contribution in [2.75, 3.05) is 39.8 Å². The number of nitrogens with one attached hydrogen (secondary N) is 3. The van der Waals surface area contributed by atoms with Crippen molar-refractivity contribution in [1.82, 2.24) is 20.9 Å². The summed E-state index contributed by atoms with van der Waals surface area (Å²) in [4.78, 5) is 18.6. The highest BCUT2D eigenvalue weighted by molar-refractivity contribution is 5.85. The minimum atomic E-state index is -0.216. The molecule has 1 fully saturated rings. The zero-order valence-electron chi connectivity index (χ0n) is 15.5. The molecule has 1 rings (SSSR count). The van der Waals surface area contributed by atoms with Crippen molar-refractivity contribution in [1.29, 1.82) is 0 Å². The predicted molar refractivity (Wildman–Crippen MR) is 96.7 cm³/mol. The van der Waals surface area contributed by atoms with Gasteiger partial charge in [0.05, 0.1) is 0 Å². The van der Waals surface area contributed by atoms with Crippen LogP contribution in [-0.4, -0.2) is 62.1 Å². The average Bonchev–Trinajstić information content (AvgIpc) is 2.45. The number of guanidine groups is 1. The molecular formula is C17H35N5O. The maximum absolute atomic E-state index is 11.8. The fourth-order valence-electron chi connectivity index (χ4n) is 2.70. The van der Waals surface area contributed by atoms with Gasteiger partial charge in [0.2, 0.25) is 5.91 Å². The monoisotopic (exact) mass is 325 g/mol. The Balaban J connectivity index is 2.33. The Morgan fingerprint density at radius 1 is 1.22 bits per heavy atom. The van der Waals surface area contributed by atoms with Crippen molar-refractivity contribution in [2.24, 2.45) is 10.9 Å². The lowest BCUT2D eigenvalue weighted by molar-refractivity contribution is -0.121. The van der Waals surface area contributed by atoms with Gasteiger partial charge < -0.3 is 20.9 Å². The van der Waals surface area contributed by atoms with Gasteiger partial charge in [-0.15, -0.1) is 0 Å². The summed E-state index contributed by atoms with van der Waals surface area (Å²) in [5.41, 5.74) is -0.216. The first-order chi connectivity index (χ1) is 10.8. The van der Waals surface area contributed by atoms with E-state index in [-0.39, 0.29) is 18.0 Å². The molecule has 23 heavy (non-hydrogen) atoms. The molecule has 0 aromatic heterocycles. The Bertz CT molecular complexity index is 381. The summed E-state index contributed by atoms with van der Waals surface area (Å²) >= 11 is 0. The van der Waals surface area contributed by atoms with Gasteiger partial charge in [-0.1, -0.05) is 0 Å². The number of piperidine rings is 1. The highest BCUT2D eigenvalue weighted by Crippen LogP contribution is 2.18. The van der Waals surface area contributed by atoms with E-state index >= 15 is 0 Å². The van der Waals surface area contributed by atoms with Gasteiger partial charge in [-0.25, -0.2) is 4.99 Å². The third-order valence-corrected chi connectivity index (χ3v) is 3.92. The number of amides is 1. The van der Waals surface area contributed by atoms with E-state index in [0.717, 1.165) is 31.4 Å². The number of likely N-dealkylation sites (tertiary alicyclic amines) is 1. The first-order valence-electron chi connectivity index (χ1n) is 8.82. The zero-order valence-corrected chi connectivity index (χ0v) is 15.5. The fourth-order valence-corrected chi connectivity index (χ4v) is 2.70. The predicted octanol–water partition coefficient (Wildman–Crippen LogP) is 1.19. The molecule has 0 unspecified atom stereocenters. The number of carbonyl (C=O) groups is 1. The number of carbonyl (C=O) groups excluding carboxylic acids is 1. The van der Waals surface area contributed by atoms with Gasteiger partial charge in [0.1, 0.15) is 6.54 Å². The van der Waals surface area contributed by atoms with E-state index in [9.17, 15) is 4.79 Å². The molecular weight excluding hydrogens is 290 g/mol. The summed E-state index contributed by atoms with van der Waals surface area (Å²) < 4.78 is 0. The number of rotatable bonds is 6. The van der Waals surface area contributed by atoms with E-state index < -0.39 is 0 Å². The fraction of sp³-hybridized carbons (Fsp3) is 0.882. The molecule has 1 aliphatic rings. The van der Waals surface area contributed by atoms with E-state index in [2.05, 4.69) is 32.9 Å². The minimum Gasteiger partial charge on any atom is -0.357 e. The van der Waals surface area contributed by atoms with E-state index in [1.54, 1.807) is 0 Å². The molecule has 0 aliphatic carbocycles. The van der Waals surface area contributed by atoms with Crippen molar-refractivity contribution >= 4 is 11.9 Å². The average molecular weight is 326 g/mol. The lowest BCUT2D eigenvalue weighted by Gasteiger charge is -2.29. The molecule has 3 N–H and O–H groups in total. The van der Waals surface area contributed by atoms with Gasteiger partial charge in [-0.2, -0.15) is 0 Å². The summed E-state index contributed by atoms with van der Waals surface area (Å²) in [7, 11) is 2.19. The van der Waals surface area contributed by atoms with E-state index in [0.29, 0.717) is 0 Å². The molecule has 1 amide bonds. The molecule has 0 atom stereocenters. The SMILES string of the molecule is CCNC(=NCC(=O)NC(C)(C)C)NCCC1CCN(C)CC1. The third-order valence-electron chi connectivity index (χ3n) is 3.92. The summed E-state index contributed by atoms with van der Waals surface area (Å²) in [6.45, 7) is 12.2. The van der Waals surface area contributed by atoms with Crippen LogP contribution in [0.25, 0.3) is 0 Å². The first kappa shape index (κ1) is 19.7. The Labute approximate surface area is 141 Å². The number of hydrogen-bond acceptors (Lipinski definition) is 3. The number of nitrogens with zero attached hydrogens (tertiary/aromatic N) is 2. The molecule has 0 saturated carbocycles. The van der Waals surface area contributed by atoms with Crippen LogP contribution in [0.4, 0.5) is 0 Å². The Kier molecular flexibility index (Phi) is 8.37. The second kappa shape index (κ2) is 9.75. The second-order valence-electron chi connectivity index (χ2n) is 7.46. The standard InChI is InChI=1S/C17H35N5O/c1-6-18-16(20-13-15(23)21-17(2,3)4)19-10-7-14-8-11-22(5)12-9-14/h14H,6-13H2,1-5H3,(H,21,23)(H2,18,19,20). The summed E-state index contributed by atoms with van der Waals surface area (Å²) in [5, 5.41) is 9.46. The maximum atomic E-state index is 11.8. The normalized spacial score (nSPS) is 17.9. The molecule has 0 aromatic carbocycles. The van der Waals surface area contributed by atoms with Crippen LogP contribution < -0.4 is 16.0 Å². The molecule has 1 heterocycles. The summed E-state index contributed by atoms with van der Waals surface area (Å²) in [6, 6.07) is 0. The number of hydrogen-bond donors (Lipinski definition) is 3. The van der Waals surface area contributed by atoms with Crippen LogP contribution in [0.1, 0.15) is 47.0 Å². The molecule has 0 aromatic rings. The molecule has 1 aliphatic heterocycles. The van der Waals surface area contributed by atoms with Crippen LogP contribution in [0.5, 0.6) is 0 Å². The Morgan fingerprint density at radius 3 is 2.43 bits per heavy atom. The number of aliphatic imine (C=N–C) groups is 1. The Morgan fingerprint density at radius 2 is 1.87 bits per heavy atom. The van der Waals surface area contributed by atoms with Crippen molar-refractivity contribution in [2.45, 2.75) is 52.5 Å². The molecule has 6 nitrogen and oxygen atoms in total. The maximum Gasteiger partial charge on any atom is 0.242 e. The second-order valence-corrected chi connectivity index (χ2v) is 7.46. The lowest BCUT2D eigenvalue weighted by Crippen LogP contribution is -2.43. The van der Waals surface area contributed by atoms with Gasteiger partial charge in [0, 0.05) is 18.6 Å². The van der Waals surface area contributed by atoms with Crippen LogP contribution >= 0.6 is 0 Å².